The van der Waals surface area contributed by atoms with Gasteiger partial charge in [-0.05, 0) is 52.9 Å². The van der Waals surface area contributed by atoms with E-state index in [-0.39, 0.29) is 0 Å². The first kappa shape index (κ1) is 11.2. The van der Waals surface area contributed by atoms with Crippen LogP contribution in [0.4, 0.5) is 0 Å². The van der Waals surface area contributed by atoms with Gasteiger partial charge < -0.3 is 0 Å². The molecule has 3 aromatic rings. The lowest BCUT2D eigenvalue weighted by atomic mass is 10.2. The van der Waals surface area contributed by atoms with E-state index in [1.807, 2.05) is 36.4 Å². The third-order valence-electron chi connectivity index (χ3n) is 2.66. The maximum absolute atomic E-state index is 8.87. The van der Waals surface area contributed by atoms with Gasteiger partial charge in [0.25, 0.3) is 0 Å². The van der Waals surface area contributed by atoms with Crippen LogP contribution in [0, 0.1) is 14.9 Å². The van der Waals surface area contributed by atoms with Gasteiger partial charge in [-0.3, -0.25) is 0 Å². The number of nitrogens with zero attached hydrogens (tertiary/aromatic N) is 4. The number of hydrogen-bond acceptors (Lipinski definition) is 3. The monoisotopic (exact) mass is 346 g/mol. The van der Waals surface area contributed by atoms with Gasteiger partial charge in [-0.2, -0.15) is 5.26 Å². The Morgan fingerprint density at radius 2 is 2.00 bits per heavy atom. The highest BCUT2D eigenvalue weighted by Crippen LogP contribution is 2.21. The van der Waals surface area contributed by atoms with Crippen molar-refractivity contribution in [2.24, 2.45) is 0 Å². The van der Waals surface area contributed by atoms with Crippen molar-refractivity contribution in [1.82, 2.24) is 15.0 Å². The van der Waals surface area contributed by atoms with Crippen LogP contribution in [0.2, 0.25) is 0 Å². The Kier molecular flexibility index (Phi) is 2.72. The van der Waals surface area contributed by atoms with Crippen LogP contribution in [0.25, 0.3) is 16.7 Å². The molecular weight excluding hydrogens is 339 g/mol. The van der Waals surface area contributed by atoms with Gasteiger partial charge in [0.05, 0.1) is 22.8 Å². The molecule has 5 heteroatoms. The highest BCUT2D eigenvalue weighted by molar-refractivity contribution is 14.1. The van der Waals surface area contributed by atoms with Crippen LogP contribution >= 0.6 is 22.6 Å². The van der Waals surface area contributed by atoms with Crippen LogP contribution in [-0.2, 0) is 0 Å². The minimum absolute atomic E-state index is 0.646. The van der Waals surface area contributed by atoms with E-state index >= 15 is 0 Å². The first-order valence-electron chi connectivity index (χ1n) is 5.30. The molecule has 0 saturated carbocycles. The fourth-order valence-corrected chi connectivity index (χ4v) is 2.54. The predicted molar refractivity (Wildman–Crippen MR) is 76.3 cm³/mol. The topological polar surface area (TPSA) is 54.5 Å². The smallest absolute Gasteiger partial charge is 0.113 e. The van der Waals surface area contributed by atoms with Crippen molar-refractivity contribution in [3.05, 3.63) is 51.6 Å². The van der Waals surface area contributed by atoms with Gasteiger partial charge in [-0.1, -0.05) is 17.3 Å². The van der Waals surface area contributed by atoms with Gasteiger partial charge in [0.1, 0.15) is 5.52 Å². The predicted octanol–water partition coefficient (Wildman–Crippen LogP) is 2.90. The average Bonchev–Trinajstić information content (AvgIpc) is 2.82. The maximum Gasteiger partial charge on any atom is 0.113 e. The maximum atomic E-state index is 8.87. The molecule has 0 radical (unpaired) electrons. The number of fused-ring (bicyclic) bond motifs is 1. The normalized spacial score (nSPS) is 10.4. The summed E-state index contributed by atoms with van der Waals surface area (Å²) >= 11 is 2.20. The van der Waals surface area contributed by atoms with E-state index in [0.717, 1.165) is 20.3 Å². The first-order chi connectivity index (χ1) is 8.79. The van der Waals surface area contributed by atoms with E-state index < -0.39 is 0 Å². The van der Waals surface area contributed by atoms with Crippen LogP contribution in [0.15, 0.2) is 42.5 Å². The standard InChI is InChI=1S/C13H7IN4/c14-10-7-9(8-15)5-6-12(10)18-13-4-2-1-3-11(13)16-17-18/h1-7H. The van der Waals surface area contributed by atoms with Gasteiger partial charge in [0.2, 0.25) is 0 Å². The molecular formula is C13H7IN4. The Labute approximate surface area is 117 Å². The number of rotatable bonds is 1. The van der Waals surface area contributed by atoms with Crippen LogP contribution in [0.1, 0.15) is 5.56 Å². The van der Waals surface area contributed by atoms with Crippen molar-refractivity contribution < 1.29 is 0 Å². The summed E-state index contributed by atoms with van der Waals surface area (Å²) in [6.07, 6.45) is 0. The second kappa shape index (κ2) is 4.38. The molecule has 0 atom stereocenters. The van der Waals surface area contributed by atoms with Crippen LogP contribution < -0.4 is 0 Å². The second-order valence-corrected chi connectivity index (χ2v) is 4.93. The number of benzene rings is 2. The van der Waals surface area contributed by atoms with Crippen molar-refractivity contribution in [3.63, 3.8) is 0 Å². The molecule has 0 aliphatic heterocycles. The largest absolute Gasteiger partial charge is 0.212 e. The van der Waals surface area contributed by atoms with Gasteiger partial charge in [0.15, 0.2) is 0 Å². The molecule has 0 fully saturated rings. The molecule has 0 aliphatic carbocycles. The molecule has 0 saturated heterocycles. The summed E-state index contributed by atoms with van der Waals surface area (Å²) in [5, 5.41) is 17.2. The summed E-state index contributed by atoms with van der Waals surface area (Å²) in [5.41, 5.74) is 3.40. The molecule has 0 N–H and O–H groups in total. The fourth-order valence-electron chi connectivity index (χ4n) is 1.80. The minimum Gasteiger partial charge on any atom is -0.212 e. The van der Waals surface area contributed by atoms with E-state index in [1.54, 1.807) is 10.7 Å². The molecule has 4 nitrogen and oxygen atoms in total. The highest BCUT2D eigenvalue weighted by Gasteiger charge is 2.09. The molecule has 3 rings (SSSR count). The second-order valence-electron chi connectivity index (χ2n) is 3.77. The average molecular weight is 346 g/mol. The summed E-state index contributed by atoms with van der Waals surface area (Å²) in [6.45, 7) is 0. The van der Waals surface area contributed by atoms with E-state index in [2.05, 4.69) is 39.0 Å². The fraction of sp³-hybridized carbons (Fsp3) is 0. The molecule has 1 aromatic heterocycles. The van der Waals surface area contributed by atoms with Gasteiger partial charge in [0, 0.05) is 3.57 Å². The van der Waals surface area contributed by atoms with E-state index in [1.165, 1.54) is 0 Å². The van der Waals surface area contributed by atoms with Gasteiger partial charge in [-0.15, -0.1) is 5.10 Å². The van der Waals surface area contributed by atoms with Gasteiger partial charge in [-0.25, -0.2) is 4.68 Å². The SMILES string of the molecule is N#Cc1ccc(-n2nnc3ccccc32)c(I)c1. The van der Waals surface area contributed by atoms with Crippen LogP contribution in [-0.4, -0.2) is 15.0 Å². The zero-order chi connectivity index (χ0) is 12.5. The molecule has 0 unspecified atom stereocenters. The van der Waals surface area contributed by atoms with Crippen LogP contribution in [0.3, 0.4) is 0 Å². The lowest BCUT2D eigenvalue weighted by Gasteiger charge is -2.05. The Morgan fingerprint density at radius 1 is 1.17 bits per heavy atom. The van der Waals surface area contributed by atoms with Crippen molar-refractivity contribution >= 4 is 33.6 Å². The van der Waals surface area contributed by atoms with E-state index in [4.69, 9.17) is 5.26 Å². The van der Waals surface area contributed by atoms with Crippen molar-refractivity contribution in [2.45, 2.75) is 0 Å². The number of nitriles is 1. The number of aromatic nitrogens is 3. The third kappa shape index (κ3) is 1.75. The molecule has 0 bridgehead atoms. The quantitative estimate of drug-likeness (QED) is 0.637. The Hall–Kier alpha value is -1.94. The third-order valence-corrected chi connectivity index (χ3v) is 3.52. The molecule has 1 heterocycles. The number of halogens is 1. The van der Waals surface area contributed by atoms with Crippen molar-refractivity contribution in [3.8, 4) is 11.8 Å². The Bertz CT molecular complexity index is 770. The zero-order valence-electron chi connectivity index (χ0n) is 9.21. The number of para-hydroxylation sites is 1. The summed E-state index contributed by atoms with van der Waals surface area (Å²) in [5.74, 6) is 0. The molecule has 2 aromatic carbocycles. The van der Waals surface area contributed by atoms with Crippen molar-refractivity contribution in [1.29, 1.82) is 5.26 Å². The van der Waals surface area contributed by atoms with E-state index in [0.29, 0.717) is 5.56 Å². The Balaban J connectivity index is 2.24. The van der Waals surface area contributed by atoms with Crippen molar-refractivity contribution in [2.75, 3.05) is 0 Å². The number of hydrogen-bond donors (Lipinski definition) is 0. The molecule has 0 spiro atoms. The first-order valence-corrected chi connectivity index (χ1v) is 6.38. The van der Waals surface area contributed by atoms with Gasteiger partial charge >= 0.3 is 0 Å². The lowest BCUT2D eigenvalue weighted by Crippen LogP contribution is -1.99. The Morgan fingerprint density at radius 3 is 2.78 bits per heavy atom. The lowest BCUT2D eigenvalue weighted by molar-refractivity contribution is 0.820. The molecule has 0 amide bonds. The highest BCUT2D eigenvalue weighted by atomic mass is 127. The molecule has 18 heavy (non-hydrogen) atoms. The molecule has 86 valence electrons. The summed E-state index contributed by atoms with van der Waals surface area (Å²) in [6, 6.07) is 15.4. The van der Waals surface area contributed by atoms with Crippen LogP contribution in [0.5, 0.6) is 0 Å². The zero-order valence-corrected chi connectivity index (χ0v) is 11.4. The summed E-state index contributed by atoms with van der Waals surface area (Å²) in [7, 11) is 0. The summed E-state index contributed by atoms with van der Waals surface area (Å²) < 4.78 is 2.76. The van der Waals surface area contributed by atoms with E-state index in [9.17, 15) is 0 Å². The minimum atomic E-state index is 0.646. The molecule has 0 aliphatic rings. The summed E-state index contributed by atoms with van der Waals surface area (Å²) in [4.78, 5) is 0.